The Labute approximate surface area is 179 Å². The van der Waals surface area contributed by atoms with Gasteiger partial charge in [-0.05, 0) is 25.5 Å². The lowest BCUT2D eigenvalue weighted by atomic mass is 9.66. The van der Waals surface area contributed by atoms with Crippen molar-refractivity contribution in [1.29, 1.82) is 0 Å². The predicted octanol–water partition coefficient (Wildman–Crippen LogP) is 1.41. The topological polar surface area (TPSA) is 188 Å². The molecule has 2 aromatic carbocycles. The molecule has 1 aliphatic carbocycles. The number of esters is 1. The molecular weight excluding hydrogens is 434 g/mol. The molecular formula is C20H16ClNO9. The number of Topliss-reactive ketones (excluding diaryl/α,β-unsaturated/α-hetero) is 1. The van der Waals surface area contributed by atoms with Gasteiger partial charge in [0.15, 0.2) is 28.8 Å². The number of aromatic hydroxyl groups is 5. The van der Waals surface area contributed by atoms with E-state index < -0.39 is 75.6 Å². The summed E-state index contributed by atoms with van der Waals surface area (Å²) >= 11 is 6.26. The number of rotatable bonds is 3. The Bertz CT molecular complexity index is 1180. The number of hydrogen-bond donors (Lipinski definition) is 6. The highest BCUT2D eigenvalue weighted by atomic mass is 35.5. The van der Waals surface area contributed by atoms with Crippen LogP contribution in [-0.2, 0) is 21.6 Å². The molecule has 0 unspecified atom stereocenters. The van der Waals surface area contributed by atoms with E-state index in [0.29, 0.717) is 0 Å². The zero-order valence-electron chi connectivity index (χ0n) is 15.8. The van der Waals surface area contributed by atoms with Crippen LogP contribution in [0.25, 0.3) is 0 Å². The van der Waals surface area contributed by atoms with E-state index in [1.165, 1.54) is 19.1 Å². The van der Waals surface area contributed by atoms with Gasteiger partial charge in [0, 0.05) is 22.1 Å². The van der Waals surface area contributed by atoms with Gasteiger partial charge in [-0.1, -0.05) is 11.6 Å². The molecule has 0 aromatic heterocycles. The van der Waals surface area contributed by atoms with Crippen molar-refractivity contribution in [3.05, 3.63) is 39.4 Å². The molecule has 0 spiro atoms. The summed E-state index contributed by atoms with van der Waals surface area (Å²) < 4.78 is 5.47. The van der Waals surface area contributed by atoms with Crippen LogP contribution in [0, 0.1) is 11.8 Å². The Balaban J connectivity index is 1.92. The highest BCUT2D eigenvalue weighted by Crippen LogP contribution is 2.57. The number of carbonyl (C=O) groups excluding carboxylic acids is 3. The number of fused-ring (bicyclic) bond motifs is 4. The Kier molecular flexibility index (Phi) is 4.27. The molecule has 2 bridgehead atoms. The Morgan fingerprint density at radius 2 is 1.68 bits per heavy atom. The van der Waals surface area contributed by atoms with Crippen molar-refractivity contribution in [2.75, 3.05) is 0 Å². The minimum absolute atomic E-state index is 0.0463. The van der Waals surface area contributed by atoms with E-state index >= 15 is 0 Å². The average molecular weight is 450 g/mol. The fraction of sp³-hybridized carbons (Fsp3) is 0.250. The molecule has 0 saturated carbocycles. The molecule has 1 saturated heterocycles. The van der Waals surface area contributed by atoms with Crippen LogP contribution in [0.2, 0.25) is 5.02 Å². The molecule has 10 nitrogen and oxygen atoms in total. The number of carbonyl (C=O) groups is 3. The third kappa shape index (κ3) is 2.54. The minimum atomic E-state index is -1.55. The van der Waals surface area contributed by atoms with Crippen molar-refractivity contribution in [1.82, 2.24) is 0 Å². The largest absolute Gasteiger partial charge is 0.507 e. The van der Waals surface area contributed by atoms with Crippen molar-refractivity contribution in [3.63, 3.8) is 0 Å². The van der Waals surface area contributed by atoms with Gasteiger partial charge < -0.3 is 36.0 Å². The summed E-state index contributed by atoms with van der Waals surface area (Å²) in [7, 11) is 0. The fourth-order valence-electron chi connectivity index (χ4n) is 4.52. The summed E-state index contributed by atoms with van der Waals surface area (Å²) in [6.07, 6.45) is -0.443. The van der Waals surface area contributed by atoms with Crippen LogP contribution in [0.15, 0.2) is 12.1 Å². The molecule has 1 fully saturated rings. The van der Waals surface area contributed by atoms with E-state index in [1.807, 2.05) is 0 Å². The Morgan fingerprint density at radius 3 is 2.23 bits per heavy atom. The van der Waals surface area contributed by atoms with Gasteiger partial charge >= 0.3 is 5.97 Å². The average Bonchev–Trinajstić information content (AvgIpc) is 2.89. The van der Waals surface area contributed by atoms with Crippen LogP contribution in [0.5, 0.6) is 28.7 Å². The summed E-state index contributed by atoms with van der Waals surface area (Å²) in [6.45, 7) is 1.46. The molecule has 1 heterocycles. The van der Waals surface area contributed by atoms with Crippen LogP contribution < -0.4 is 5.73 Å². The van der Waals surface area contributed by atoms with Gasteiger partial charge in [0.05, 0.1) is 5.56 Å². The van der Waals surface area contributed by atoms with Gasteiger partial charge in [-0.3, -0.25) is 14.4 Å². The van der Waals surface area contributed by atoms with Crippen LogP contribution in [0.3, 0.4) is 0 Å². The number of benzene rings is 2. The van der Waals surface area contributed by atoms with Gasteiger partial charge in [0.2, 0.25) is 0 Å². The first-order chi connectivity index (χ1) is 14.4. The second kappa shape index (κ2) is 6.42. The van der Waals surface area contributed by atoms with Gasteiger partial charge in [-0.2, -0.15) is 0 Å². The quantitative estimate of drug-likeness (QED) is 0.174. The Morgan fingerprint density at radius 1 is 1.10 bits per heavy atom. The predicted molar refractivity (Wildman–Crippen MR) is 103 cm³/mol. The molecule has 31 heavy (non-hydrogen) atoms. The van der Waals surface area contributed by atoms with Gasteiger partial charge in [0.25, 0.3) is 5.91 Å². The molecule has 1 amide bonds. The van der Waals surface area contributed by atoms with E-state index in [1.54, 1.807) is 0 Å². The number of phenols is 5. The first-order valence-corrected chi connectivity index (χ1v) is 9.37. The highest BCUT2D eigenvalue weighted by molar-refractivity contribution is 6.32. The van der Waals surface area contributed by atoms with E-state index in [2.05, 4.69) is 0 Å². The summed E-state index contributed by atoms with van der Waals surface area (Å²) in [5, 5.41) is 51.2. The molecule has 11 heteroatoms. The van der Waals surface area contributed by atoms with Gasteiger partial charge in [-0.25, -0.2) is 0 Å². The second-order valence-electron chi connectivity index (χ2n) is 7.61. The molecule has 1 aliphatic heterocycles. The number of hydrogen-bond acceptors (Lipinski definition) is 9. The van der Waals surface area contributed by atoms with Crippen molar-refractivity contribution >= 4 is 29.3 Å². The summed E-state index contributed by atoms with van der Waals surface area (Å²) in [4.78, 5) is 37.0. The van der Waals surface area contributed by atoms with E-state index in [0.717, 1.165) is 0 Å². The number of ether oxygens (including phenoxy) is 1. The van der Waals surface area contributed by atoms with Gasteiger partial charge in [-0.15, -0.1) is 0 Å². The summed E-state index contributed by atoms with van der Waals surface area (Å²) in [5.74, 6) is -9.87. The first kappa shape index (κ1) is 20.6. The lowest BCUT2D eigenvalue weighted by molar-refractivity contribution is -0.149. The smallest absolute Gasteiger partial charge is 0.318 e. The first-order valence-electron chi connectivity index (χ1n) is 8.99. The zero-order valence-corrected chi connectivity index (χ0v) is 16.6. The zero-order chi connectivity index (χ0) is 23.0. The van der Waals surface area contributed by atoms with Crippen LogP contribution in [0.4, 0.5) is 0 Å². The number of primary amides is 1. The molecule has 3 atom stereocenters. The normalized spacial score (nSPS) is 24.1. The molecule has 7 N–H and O–H groups in total. The summed E-state index contributed by atoms with van der Waals surface area (Å²) in [6, 6.07) is 2.54. The lowest BCUT2D eigenvalue weighted by Crippen LogP contribution is -2.41. The van der Waals surface area contributed by atoms with Crippen molar-refractivity contribution in [3.8, 4) is 28.7 Å². The lowest BCUT2D eigenvalue weighted by Gasteiger charge is -2.37. The number of halogens is 1. The molecule has 4 rings (SSSR count). The van der Waals surface area contributed by atoms with Crippen LogP contribution >= 0.6 is 11.6 Å². The monoisotopic (exact) mass is 449 g/mol. The summed E-state index contributed by atoms with van der Waals surface area (Å²) in [5.41, 5.74) is 2.08. The van der Waals surface area contributed by atoms with Crippen molar-refractivity contribution in [2.24, 2.45) is 17.6 Å². The van der Waals surface area contributed by atoms with Crippen molar-refractivity contribution < 1.29 is 44.7 Å². The number of amides is 1. The number of ketones is 1. The van der Waals surface area contributed by atoms with Crippen molar-refractivity contribution in [2.45, 2.75) is 18.9 Å². The van der Waals surface area contributed by atoms with Crippen LogP contribution in [0.1, 0.15) is 38.8 Å². The Hall–Kier alpha value is -3.66. The minimum Gasteiger partial charge on any atom is -0.507 e. The van der Waals surface area contributed by atoms with Gasteiger partial charge in [0.1, 0.15) is 22.8 Å². The number of phenolic OH excluding ortho intramolecular Hbond substituents is 3. The second-order valence-corrected chi connectivity index (χ2v) is 8.02. The third-order valence-corrected chi connectivity index (χ3v) is 6.31. The molecule has 162 valence electrons. The molecule has 2 aromatic rings. The fourth-order valence-corrected chi connectivity index (χ4v) is 4.86. The van der Waals surface area contributed by atoms with E-state index in [4.69, 9.17) is 22.1 Å². The maximum absolute atomic E-state index is 13.0. The number of nitrogens with two attached hydrogens (primary N) is 1. The maximum atomic E-state index is 13.0. The standard InChI is InChI=1S/C20H16ClNO9/c1-20-6(4-5-13(24)16(27)11(18(22)29)17(28)14(5)25)9(19(30)31-20)15(26)10-8(23)3-2-7(21)12(10)20/h2-3,6,9,23-25,27-28H,4H2,1H3,(H2,22,29)/t6-,9+,20-/m0/s1. The SMILES string of the molecule is C[C@@]12OC(=O)[C@@H](C(=O)c3c(O)ccc(Cl)c31)[C@@H]2Cc1c(O)c(O)c(C(N)=O)c(O)c1O. The van der Waals surface area contributed by atoms with Crippen LogP contribution in [-0.4, -0.2) is 43.2 Å². The maximum Gasteiger partial charge on any atom is 0.318 e. The molecule has 2 aliphatic rings. The highest BCUT2D eigenvalue weighted by Gasteiger charge is 2.62. The third-order valence-electron chi connectivity index (χ3n) is 6.00. The van der Waals surface area contributed by atoms with E-state index in [-0.39, 0.29) is 21.9 Å². The van der Waals surface area contributed by atoms with E-state index in [9.17, 15) is 39.9 Å². The molecule has 0 radical (unpaired) electrons.